The number of fused-ring (bicyclic) bond motifs is 2. The molecule has 3 heterocycles. The number of para-hydroxylation sites is 1. The average Bonchev–Trinajstić information content (AvgIpc) is 3.40. The van der Waals surface area contributed by atoms with Crippen LogP contribution in [0, 0.1) is 5.92 Å². The largest absolute Gasteiger partial charge is 0.508 e. The molecule has 0 bridgehead atoms. The zero-order valence-corrected chi connectivity index (χ0v) is 24.9. The molecular formula is C29H19BrF3N3O5S2. The van der Waals surface area contributed by atoms with Crippen LogP contribution >= 0.6 is 39.0 Å². The van der Waals surface area contributed by atoms with Crippen molar-refractivity contribution in [3.63, 3.8) is 0 Å². The number of carbonyl (C=O) groups is 3. The van der Waals surface area contributed by atoms with E-state index in [1.807, 2.05) is 0 Å². The van der Waals surface area contributed by atoms with Gasteiger partial charge in [0.25, 0.3) is 0 Å². The van der Waals surface area contributed by atoms with E-state index in [-0.39, 0.29) is 16.5 Å². The molecule has 1 aromatic heterocycles. The van der Waals surface area contributed by atoms with Gasteiger partial charge >= 0.3 is 11.0 Å². The van der Waals surface area contributed by atoms with E-state index in [0.29, 0.717) is 16.1 Å². The van der Waals surface area contributed by atoms with Crippen molar-refractivity contribution in [3.05, 3.63) is 103 Å². The number of benzene rings is 3. The van der Waals surface area contributed by atoms with Crippen molar-refractivity contribution >= 4 is 68.1 Å². The minimum Gasteiger partial charge on any atom is -0.508 e. The van der Waals surface area contributed by atoms with Crippen LogP contribution in [0.25, 0.3) is 0 Å². The van der Waals surface area contributed by atoms with Crippen LogP contribution in [-0.2, 0) is 27.1 Å². The lowest BCUT2D eigenvalue weighted by atomic mass is 9.82. The Labute approximate surface area is 258 Å². The second kappa shape index (κ2) is 11.0. The molecule has 3 unspecified atom stereocenters. The zero-order valence-electron chi connectivity index (χ0n) is 21.7. The zero-order chi connectivity index (χ0) is 30.6. The highest BCUT2D eigenvalue weighted by atomic mass is 79.9. The fourth-order valence-electron chi connectivity index (χ4n) is 5.30. The molecule has 0 aliphatic carbocycles. The fourth-order valence-corrected chi connectivity index (χ4v) is 8.33. The average molecular weight is 691 g/mol. The molecule has 3 aromatic carbocycles. The monoisotopic (exact) mass is 689 g/mol. The lowest BCUT2D eigenvalue weighted by Crippen LogP contribution is -2.33. The lowest BCUT2D eigenvalue weighted by Gasteiger charge is -2.31. The van der Waals surface area contributed by atoms with Crippen LogP contribution in [0.1, 0.15) is 21.9 Å². The van der Waals surface area contributed by atoms with Crippen LogP contribution in [0.4, 0.5) is 24.5 Å². The van der Waals surface area contributed by atoms with E-state index >= 15 is 0 Å². The first-order chi connectivity index (χ1) is 20.4. The van der Waals surface area contributed by atoms with Gasteiger partial charge in [-0.1, -0.05) is 63.3 Å². The van der Waals surface area contributed by atoms with Gasteiger partial charge in [0.1, 0.15) is 17.5 Å². The molecule has 43 heavy (non-hydrogen) atoms. The summed E-state index contributed by atoms with van der Waals surface area (Å²) in [6, 6.07) is 17.1. The number of halogens is 4. The van der Waals surface area contributed by atoms with Gasteiger partial charge in [0.15, 0.2) is 0 Å². The van der Waals surface area contributed by atoms with E-state index in [0.717, 1.165) is 55.2 Å². The Kier molecular flexibility index (Phi) is 7.47. The molecule has 0 saturated carbocycles. The number of imide groups is 1. The normalized spacial score (nSPS) is 19.7. The Morgan fingerprint density at radius 2 is 1.70 bits per heavy atom. The summed E-state index contributed by atoms with van der Waals surface area (Å²) < 4.78 is 41.3. The number of phenolic OH excluding ortho intramolecular Hbond substituents is 1. The van der Waals surface area contributed by atoms with Crippen LogP contribution in [-0.4, -0.2) is 32.6 Å². The van der Waals surface area contributed by atoms with E-state index in [1.54, 1.807) is 42.5 Å². The third-order valence-corrected chi connectivity index (χ3v) is 10.3. The summed E-state index contributed by atoms with van der Waals surface area (Å²) in [6.07, 6.45) is -4.61. The molecule has 2 N–H and O–H groups in total. The Morgan fingerprint density at radius 3 is 2.40 bits per heavy atom. The molecule has 1 fully saturated rings. The summed E-state index contributed by atoms with van der Waals surface area (Å²) >= 11 is 5.12. The smallest absolute Gasteiger partial charge is 0.416 e. The summed E-state index contributed by atoms with van der Waals surface area (Å²) in [6.45, 7) is -0.544. The number of phenols is 1. The van der Waals surface area contributed by atoms with Crippen LogP contribution in [0.15, 0.2) is 87.1 Å². The van der Waals surface area contributed by atoms with Gasteiger partial charge in [-0.2, -0.15) is 13.2 Å². The molecule has 8 nitrogen and oxygen atoms in total. The second-order valence-electron chi connectivity index (χ2n) is 9.84. The summed E-state index contributed by atoms with van der Waals surface area (Å²) in [5.41, 5.74) is -0.328. The van der Waals surface area contributed by atoms with Crippen LogP contribution < -0.4 is 15.1 Å². The van der Waals surface area contributed by atoms with Crippen molar-refractivity contribution in [3.8, 4) is 5.75 Å². The number of thiazole rings is 1. The van der Waals surface area contributed by atoms with Crippen molar-refractivity contribution < 1.29 is 32.7 Å². The summed E-state index contributed by atoms with van der Waals surface area (Å²) in [4.78, 5) is 54.8. The van der Waals surface area contributed by atoms with Gasteiger partial charge in [-0.25, -0.2) is 4.90 Å². The summed E-state index contributed by atoms with van der Waals surface area (Å²) in [5, 5.41) is 12.5. The molecule has 2 aliphatic heterocycles. The van der Waals surface area contributed by atoms with Gasteiger partial charge in [-0.05, 0) is 48.5 Å². The standard InChI is InChI=1S/C29H19BrF3N3O5S2/c30-15-8-10-17(11-9-15)36-25(39)22-21(18-6-1-2-7-19(18)37)24-27(42-23(22)26(36)40)35(28(41)43-24)13-20(38)34-16-5-3-4-14(12-16)29(31,32)33/h1-12,21-23,37H,13H2,(H,34,38). The van der Waals surface area contributed by atoms with Gasteiger partial charge in [-0.3, -0.25) is 23.7 Å². The lowest BCUT2D eigenvalue weighted by molar-refractivity contribution is -0.137. The van der Waals surface area contributed by atoms with Gasteiger partial charge in [0.2, 0.25) is 17.7 Å². The molecule has 3 amide bonds. The van der Waals surface area contributed by atoms with Gasteiger partial charge in [0, 0.05) is 26.5 Å². The number of carbonyl (C=O) groups excluding carboxylic acids is 3. The predicted molar refractivity (Wildman–Crippen MR) is 158 cm³/mol. The maximum absolute atomic E-state index is 13.9. The number of anilines is 2. The highest BCUT2D eigenvalue weighted by Crippen LogP contribution is 2.55. The number of nitrogens with zero attached hydrogens (tertiary/aromatic N) is 2. The first kappa shape index (κ1) is 29.2. The third-order valence-electron chi connectivity index (χ3n) is 7.18. The number of nitrogens with one attached hydrogen (secondary N) is 1. The van der Waals surface area contributed by atoms with Gasteiger partial charge < -0.3 is 10.4 Å². The maximum atomic E-state index is 13.9. The molecule has 6 rings (SSSR count). The van der Waals surface area contributed by atoms with Crippen LogP contribution in [0.5, 0.6) is 5.75 Å². The number of thioether (sulfide) groups is 1. The first-order valence-corrected chi connectivity index (χ1v) is 15.2. The minimum absolute atomic E-state index is 0.0986. The number of hydrogen-bond acceptors (Lipinski definition) is 7. The number of hydrogen-bond donors (Lipinski definition) is 2. The highest BCUT2D eigenvalue weighted by molar-refractivity contribution is 9.10. The predicted octanol–water partition coefficient (Wildman–Crippen LogP) is 5.83. The van der Waals surface area contributed by atoms with E-state index in [9.17, 15) is 37.5 Å². The number of amides is 3. The highest BCUT2D eigenvalue weighted by Gasteiger charge is 2.57. The number of rotatable bonds is 5. The van der Waals surface area contributed by atoms with Crippen LogP contribution in [0.3, 0.4) is 0 Å². The van der Waals surface area contributed by atoms with E-state index < -0.39 is 58.0 Å². The van der Waals surface area contributed by atoms with Crippen molar-refractivity contribution in [2.24, 2.45) is 5.92 Å². The molecule has 14 heteroatoms. The maximum Gasteiger partial charge on any atom is 0.416 e. The van der Waals surface area contributed by atoms with Gasteiger partial charge in [0.05, 0.1) is 22.2 Å². The Balaban J connectivity index is 1.39. The SMILES string of the molecule is O=C(Cn1c2c(sc1=O)C(c1ccccc1O)C1C(=O)N(c3ccc(Br)cc3)C(=O)C1S2)Nc1cccc(C(F)(F)F)c1. The molecule has 4 aromatic rings. The number of aromatic nitrogens is 1. The van der Waals surface area contributed by atoms with E-state index in [2.05, 4.69) is 21.2 Å². The Hall–Kier alpha value is -3.88. The molecule has 0 spiro atoms. The molecule has 220 valence electrons. The van der Waals surface area contributed by atoms with Crippen molar-refractivity contribution in [1.82, 2.24) is 4.57 Å². The molecule has 2 aliphatic rings. The number of alkyl halides is 3. The Bertz CT molecular complexity index is 1840. The first-order valence-electron chi connectivity index (χ1n) is 12.7. The molecule has 0 radical (unpaired) electrons. The molecular weight excluding hydrogens is 671 g/mol. The summed E-state index contributed by atoms with van der Waals surface area (Å²) in [5.74, 6) is -3.70. The quantitative estimate of drug-likeness (QED) is 0.255. The second-order valence-corrected chi connectivity index (χ2v) is 12.9. The Morgan fingerprint density at radius 1 is 0.977 bits per heavy atom. The van der Waals surface area contributed by atoms with Crippen molar-refractivity contribution in [1.29, 1.82) is 0 Å². The molecule has 1 saturated heterocycles. The van der Waals surface area contributed by atoms with Gasteiger partial charge in [-0.15, -0.1) is 0 Å². The fraction of sp³-hybridized carbons (Fsp3) is 0.172. The van der Waals surface area contributed by atoms with Crippen molar-refractivity contribution in [2.75, 3.05) is 10.2 Å². The minimum atomic E-state index is -4.61. The molecule has 3 atom stereocenters. The number of aromatic hydroxyl groups is 1. The topological polar surface area (TPSA) is 109 Å². The third kappa shape index (κ3) is 5.27. The van der Waals surface area contributed by atoms with Crippen LogP contribution in [0.2, 0.25) is 0 Å². The van der Waals surface area contributed by atoms with E-state index in [4.69, 9.17) is 0 Å². The van der Waals surface area contributed by atoms with E-state index in [1.165, 1.54) is 12.1 Å². The summed E-state index contributed by atoms with van der Waals surface area (Å²) in [7, 11) is 0. The van der Waals surface area contributed by atoms with Crippen molar-refractivity contribution in [2.45, 2.75) is 28.9 Å².